The summed E-state index contributed by atoms with van der Waals surface area (Å²) < 4.78 is 10.5. The van der Waals surface area contributed by atoms with Gasteiger partial charge in [-0.2, -0.15) is 0 Å². The summed E-state index contributed by atoms with van der Waals surface area (Å²) in [6, 6.07) is 5.96. The number of carbonyl (C=O) groups excluding carboxylic acids is 1. The van der Waals surface area contributed by atoms with Crippen molar-refractivity contribution in [2.45, 2.75) is 31.6 Å². The van der Waals surface area contributed by atoms with Crippen LogP contribution in [0.25, 0.3) is 0 Å². The zero-order valence-electron chi connectivity index (χ0n) is 10.4. The van der Waals surface area contributed by atoms with Crippen molar-refractivity contribution in [3.63, 3.8) is 0 Å². The molecule has 0 unspecified atom stereocenters. The van der Waals surface area contributed by atoms with Crippen molar-refractivity contribution in [2.75, 3.05) is 14.2 Å². The van der Waals surface area contributed by atoms with Gasteiger partial charge in [-0.3, -0.25) is 4.79 Å². The summed E-state index contributed by atoms with van der Waals surface area (Å²) in [7, 11) is 3.31. The van der Waals surface area contributed by atoms with E-state index in [-0.39, 0.29) is 0 Å². The molecule has 3 heteroatoms. The molecule has 17 heavy (non-hydrogen) atoms. The van der Waals surface area contributed by atoms with Crippen molar-refractivity contribution in [3.05, 3.63) is 23.8 Å². The number of benzene rings is 1. The summed E-state index contributed by atoms with van der Waals surface area (Å²) in [5, 5.41) is 0. The monoisotopic (exact) mass is 234 g/mol. The van der Waals surface area contributed by atoms with Gasteiger partial charge in [-0.1, -0.05) is 0 Å². The predicted molar refractivity (Wildman–Crippen MR) is 65.8 cm³/mol. The molecule has 1 aromatic rings. The molecule has 0 N–H and O–H groups in total. The third-order valence-electron chi connectivity index (χ3n) is 3.39. The highest BCUT2D eigenvalue weighted by Crippen LogP contribution is 2.35. The number of hydrogen-bond donors (Lipinski definition) is 0. The molecule has 1 aliphatic rings. The van der Waals surface area contributed by atoms with Crippen LogP contribution in [-0.2, 0) is 4.79 Å². The first-order valence-corrected chi connectivity index (χ1v) is 5.97. The van der Waals surface area contributed by atoms with Crippen molar-refractivity contribution in [1.82, 2.24) is 0 Å². The highest BCUT2D eigenvalue weighted by atomic mass is 16.5. The van der Waals surface area contributed by atoms with Crippen LogP contribution in [-0.4, -0.2) is 20.0 Å². The van der Waals surface area contributed by atoms with Crippen molar-refractivity contribution in [1.29, 1.82) is 0 Å². The number of carbonyl (C=O) groups is 1. The Kier molecular flexibility index (Phi) is 3.67. The SMILES string of the molecule is COc1cc(OC)cc(C2CCC(=O)CC2)c1. The molecular weight excluding hydrogens is 216 g/mol. The second-order valence-corrected chi connectivity index (χ2v) is 4.46. The molecule has 0 radical (unpaired) electrons. The first-order chi connectivity index (χ1) is 8.22. The summed E-state index contributed by atoms with van der Waals surface area (Å²) in [6.07, 6.45) is 3.28. The molecule has 0 saturated heterocycles. The second-order valence-electron chi connectivity index (χ2n) is 4.46. The number of Topliss-reactive ketones (excluding diaryl/α,β-unsaturated/α-hetero) is 1. The van der Waals surface area contributed by atoms with Gasteiger partial charge in [0.05, 0.1) is 14.2 Å². The lowest BCUT2D eigenvalue weighted by Gasteiger charge is -2.22. The van der Waals surface area contributed by atoms with Crippen LogP contribution >= 0.6 is 0 Å². The standard InChI is InChI=1S/C14H18O3/c1-16-13-7-11(8-14(9-13)17-2)10-3-5-12(15)6-4-10/h7-10H,3-6H2,1-2H3. The average molecular weight is 234 g/mol. The first-order valence-electron chi connectivity index (χ1n) is 5.97. The van der Waals surface area contributed by atoms with E-state index in [4.69, 9.17) is 9.47 Å². The van der Waals surface area contributed by atoms with Crippen molar-refractivity contribution in [2.24, 2.45) is 0 Å². The Bertz CT molecular complexity index is 380. The van der Waals surface area contributed by atoms with E-state index in [1.54, 1.807) is 14.2 Å². The van der Waals surface area contributed by atoms with Gasteiger partial charge < -0.3 is 9.47 Å². The van der Waals surface area contributed by atoms with E-state index in [1.807, 2.05) is 18.2 Å². The summed E-state index contributed by atoms with van der Waals surface area (Å²) in [5.74, 6) is 2.47. The maximum atomic E-state index is 11.2. The van der Waals surface area contributed by atoms with Gasteiger partial charge in [-0.25, -0.2) is 0 Å². The Morgan fingerprint density at radius 1 is 1.00 bits per heavy atom. The molecule has 0 atom stereocenters. The van der Waals surface area contributed by atoms with E-state index in [2.05, 4.69) is 0 Å². The Labute approximate surface area is 102 Å². The Morgan fingerprint density at radius 2 is 1.53 bits per heavy atom. The quantitative estimate of drug-likeness (QED) is 0.806. The molecule has 92 valence electrons. The van der Waals surface area contributed by atoms with Gasteiger partial charge in [0.2, 0.25) is 0 Å². The predicted octanol–water partition coefficient (Wildman–Crippen LogP) is 2.93. The maximum absolute atomic E-state index is 11.2. The van der Waals surface area contributed by atoms with Crippen LogP contribution in [0.15, 0.2) is 18.2 Å². The highest BCUT2D eigenvalue weighted by Gasteiger charge is 2.21. The first kappa shape index (κ1) is 12.0. The summed E-state index contributed by atoms with van der Waals surface area (Å²) >= 11 is 0. The summed E-state index contributed by atoms with van der Waals surface area (Å²) in [4.78, 5) is 11.2. The largest absolute Gasteiger partial charge is 0.497 e. The Hall–Kier alpha value is -1.51. The minimum absolute atomic E-state index is 0.385. The fourth-order valence-electron chi connectivity index (χ4n) is 2.34. The molecular formula is C14H18O3. The minimum Gasteiger partial charge on any atom is -0.497 e. The smallest absolute Gasteiger partial charge is 0.132 e. The van der Waals surface area contributed by atoms with E-state index in [0.717, 1.165) is 24.3 Å². The van der Waals surface area contributed by atoms with Crippen LogP contribution in [0.5, 0.6) is 11.5 Å². The van der Waals surface area contributed by atoms with E-state index >= 15 is 0 Å². The van der Waals surface area contributed by atoms with Crippen molar-refractivity contribution in [3.8, 4) is 11.5 Å². The van der Waals surface area contributed by atoms with Crippen LogP contribution < -0.4 is 9.47 Å². The van der Waals surface area contributed by atoms with E-state index in [1.165, 1.54) is 5.56 Å². The Balaban J connectivity index is 2.22. The molecule has 1 aromatic carbocycles. The molecule has 0 heterocycles. The minimum atomic E-state index is 0.385. The molecule has 0 aliphatic heterocycles. The number of methoxy groups -OCH3 is 2. The van der Waals surface area contributed by atoms with Crippen LogP contribution in [0.1, 0.15) is 37.2 Å². The van der Waals surface area contributed by atoms with Crippen LogP contribution in [0, 0.1) is 0 Å². The topological polar surface area (TPSA) is 35.5 Å². The number of ether oxygens (including phenoxy) is 2. The lowest BCUT2D eigenvalue weighted by Crippen LogP contribution is -2.12. The summed E-state index contributed by atoms with van der Waals surface area (Å²) in [5.41, 5.74) is 1.22. The average Bonchev–Trinajstić information content (AvgIpc) is 2.39. The third kappa shape index (κ3) is 2.78. The molecule has 0 aromatic heterocycles. The third-order valence-corrected chi connectivity index (χ3v) is 3.39. The Morgan fingerprint density at radius 3 is 2.00 bits per heavy atom. The lowest BCUT2D eigenvalue weighted by molar-refractivity contribution is -0.120. The fourth-order valence-corrected chi connectivity index (χ4v) is 2.34. The van der Waals surface area contributed by atoms with Gasteiger partial charge >= 0.3 is 0 Å². The number of rotatable bonds is 3. The molecule has 3 nitrogen and oxygen atoms in total. The van der Waals surface area contributed by atoms with E-state index < -0.39 is 0 Å². The molecule has 0 spiro atoms. The maximum Gasteiger partial charge on any atom is 0.132 e. The van der Waals surface area contributed by atoms with Gasteiger partial charge in [0.1, 0.15) is 17.3 Å². The van der Waals surface area contributed by atoms with Gasteiger partial charge in [0, 0.05) is 18.9 Å². The molecule has 0 bridgehead atoms. The highest BCUT2D eigenvalue weighted by molar-refractivity contribution is 5.79. The number of hydrogen-bond acceptors (Lipinski definition) is 3. The van der Waals surface area contributed by atoms with Crippen LogP contribution in [0.2, 0.25) is 0 Å². The molecule has 0 amide bonds. The van der Waals surface area contributed by atoms with Crippen molar-refractivity contribution >= 4 is 5.78 Å². The van der Waals surface area contributed by atoms with Gasteiger partial charge in [0.15, 0.2) is 0 Å². The fraction of sp³-hybridized carbons (Fsp3) is 0.500. The van der Waals surface area contributed by atoms with Gasteiger partial charge in [-0.15, -0.1) is 0 Å². The normalized spacial score (nSPS) is 16.9. The van der Waals surface area contributed by atoms with Gasteiger partial charge in [-0.05, 0) is 36.5 Å². The molecule has 1 saturated carbocycles. The number of ketones is 1. The van der Waals surface area contributed by atoms with E-state index in [0.29, 0.717) is 24.5 Å². The lowest BCUT2D eigenvalue weighted by atomic mass is 9.83. The molecule has 1 aliphatic carbocycles. The zero-order chi connectivity index (χ0) is 12.3. The summed E-state index contributed by atoms with van der Waals surface area (Å²) in [6.45, 7) is 0. The van der Waals surface area contributed by atoms with Crippen molar-refractivity contribution < 1.29 is 14.3 Å². The molecule has 1 fully saturated rings. The van der Waals surface area contributed by atoms with E-state index in [9.17, 15) is 4.79 Å². The van der Waals surface area contributed by atoms with Crippen LogP contribution in [0.3, 0.4) is 0 Å². The second kappa shape index (κ2) is 5.21. The van der Waals surface area contributed by atoms with Crippen LogP contribution in [0.4, 0.5) is 0 Å². The van der Waals surface area contributed by atoms with Gasteiger partial charge in [0.25, 0.3) is 0 Å². The molecule has 2 rings (SSSR count). The zero-order valence-corrected chi connectivity index (χ0v) is 10.4.